The fourth-order valence-corrected chi connectivity index (χ4v) is 2.32. The Labute approximate surface area is 98.3 Å². The number of hydrogen-bond acceptors (Lipinski definition) is 0. The molecule has 16 heavy (non-hydrogen) atoms. The summed E-state index contributed by atoms with van der Waals surface area (Å²) in [4.78, 5) is 0. The molecule has 0 aliphatic rings. The first-order chi connectivity index (χ1) is 7.85. The van der Waals surface area contributed by atoms with Gasteiger partial charge in [-0.2, -0.15) is 0 Å². The summed E-state index contributed by atoms with van der Waals surface area (Å²) in [6.45, 7) is 4.48. The Hall–Kier alpha value is -1.30. The van der Waals surface area contributed by atoms with Gasteiger partial charge in [0.1, 0.15) is 0 Å². The van der Waals surface area contributed by atoms with E-state index < -0.39 is 0 Å². The van der Waals surface area contributed by atoms with Gasteiger partial charge in [-0.05, 0) is 34.7 Å². The molecule has 0 bridgehead atoms. The smallest absolute Gasteiger partial charge is 0.0149 e. The standard InChI is InChI=1S/C16H20/c1-3-6-13-10-11-15-9-5-8-14(7-4-2)16(15)12-13/h5,8-12H,3-4,6-7H2,1-2H3. The van der Waals surface area contributed by atoms with Crippen LogP contribution in [0.5, 0.6) is 0 Å². The molecule has 0 nitrogen and oxygen atoms in total. The van der Waals surface area contributed by atoms with E-state index in [-0.39, 0.29) is 0 Å². The second kappa shape index (κ2) is 5.16. The van der Waals surface area contributed by atoms with Gasteiger partial charge in [-0.1, -0.05) is 63.1 Å². The molecule has 0 amide bonds. The molecule has 0 saturated heterocycles. The van der Waals surface area contributed by atoms with Crippen molar-refractivity contribution in [3.63, 3.8) is 0 Å². The minimum absolute atomic E-state index is 1.19. The van der Waals surface area contributed by atoms with E-state index in [1.165, 1.54) is 47.6 Å². The van der Waals surface area contributed by atoms with Crippen molar-refractivity contribution in [2.75, 3.05) is 0 Å². The third-order valence-corrected chi connectivity index (χ3v) is 3.09. The second-order valence-corrected chi connectivity index (χ2v) is 4.47. The quantitative estimate of drug-likeness (QED) is 0.686. The molecular weight excluding hydrogens is 192 g/mol. The molecular formula is C16H20. The van der Waals surface area contributed by atoms with Crippen LogP contribution in [-0.2, 0) is 12.8 Å². The molecule has 0 unspecified atom stereocenters. The van der Waals surface area contributed by atoms with Crippen molar-refractivity contribution in [1.82, 2.24) is 0 Å². The van der Waals surface area contributed by atoms with Crippen molar-refractivity contribution in [1.29, 1.82) is 0 Å². The van der Waals surface area contributed by atoms with Gasteiger partial charge in [0, 0.05) is 0 Å². The lowest BCUT2D eigenvalue weighted by molar-refractivity contribution is 0.918. The van der Waals surface area contributed by atoms with Crippen molar-refractivity contribution in [3.8, 4) is 0 Å². The molecule has 0 heterocycles. The van der Waals surface area contributed by atoms with E-state index in [1.807, 2.05) is 0 Å². The van der Waals surface area contributed by atoms with Crippen LogP contribution < -0.4 is 0 Å². The highest BCUT2D eigenvalue weighted by Crippen LogP contribution is 2.22. The van der Waals surface area contributed by atoms with Gasteiger partial charge >= 0.3 is 0 Å². The third kappa shape index (κ3) is 2.27. The zero-order valence-corrected chi connectivity index (χ0v) is 10.3. The summed E-state index contributed by atoms with van der Waals surface area (Å²) in [5, 5.41) is 2.83. The molecule has 0 aromatic heterocycles. The van der Waals surface area contributed by atoms with Gasteiger partial charge in [-0.25, -0.2) is 0 Å². The lowest BCUT2D eigenvalue weighted by Gasteiger charge is -2.07. The lowest BCUT2D eigenvalue weighted by Crippen LogP contribution is -1.88. The maximum atomic E-state index is 2.38. The predicted octanol–water partition coefficient (Wildman–Crippen LogP) is 4.74. The zero-order valence-electron chi connectivity index (χ0n) is 10.3. The molecule has 84 valence electrons. The Morgan fingerprint density at radius 1 is 0.875 bits per heavy atom. The molecule has 2 aromatic carbocycles. The zero-order chi connectivity index (χ0) is 11.4. The normalized spacial score (nSPS) is 10.9. The Kier molecular flexibility index (Phi) is 3.61. The molecule has 0 atom stereocenters. The summed E-state index contributed by atoms with van der Waals surface area (Å²) in [5.74, 6) is 0. The number of aryl methyl sites for hydroxylation is 2. The van der Waals surface area contributed by atoms with E-state index in [0.29, 0.717) is 0 Å². The van der Waals surface area contributed by atoms with E-state index in [0.717, 1.165) is 0 Å². The number of rotatable bonds is 4. The SMILES string of the molecule is CCCc1ccc2cccc(CCC)c2c1. The summed E-state index contributed by atoms with van der Waals surface area (Å²) in [6, 6.07) is 13.6. The second-order valence-electron chi connectivity index (χ2n) is 4.47. The molecule has 0 fully saturated rings. The highest BCUT2D eigenvalue weighted by molar-refractivity contribution is 5.86. The number of benzene rings is 2. The van der Waals surface area contributed by atoms with Crippen LogP contribution in [0.15, 0.2) is 36.4 Å². The van der Waals surface area contributed by atoms with Crippen molar-refractivity contribution in [2.24, 2.45) is 0 Å². The number of fused-ring (bicyclic) bond motifs is 1. The van der Waals surface area contributed by atoms with E-state index >= 15 is 0 Å². The van der Waals surface area contributed by atoms with Crippen LogP contribution in [0.25, 0.3) is 10.8 Å². The minimum Gasteiger partial charge on any atom is -0.0651 e. The summed E-state index contributed by atoms with van der Waals surface area (Å²) in [7, 11) is 0. The first-order valence-corrected chi connectivity index (χ1v) is 6.35. The molecule has 2 rings (SSSR count). The van der Waals surface area contributed by atoms with E-state index in [2.05, 4.69) is 50.2 Å². The summed E-state index contributed by atoms with van der Waals surface area (Å²) in [5.41, 5.74) is 2.97. The van der Waals surface area contributed by atoms with Crippen LogP contribution in [0, 0.1) is 0 Å². The first kappa shape index (κ1) is 11.2. The van der Waals surface area contributed by atoms with Crippen LogP contribution >= 0.6 is 0 Å². The maximum absolute atomic E-state index is 2.38. The topological polar surface area (TPSA) is 0 Å². The molecule has 0 aliphatic carbocycles. The van der Waals surface area contributed by atoms with Crippen LogP contribution in [0.3, 0.4) is 0 Å². The van der Waals surface area contributed by atoms with Gasteiger partial charge < -0.3 is 0 Å². The van der Waals surface area contributed by atoms with E-state index in [9.17, 15) is 0 Å². The van der Waals surface area contributed by atoms with Crippen LogP contribution in [0.2, 0.25) is 0 Å². The highest BCUT2D eigenvalue weighted by Gasteiger charge is 2.01. The van der Waals surface area contributed by atoms with Gasteiger partial charge in [-0.3, -0.25) is 0 Å². The largest absolute Gasteiger partial charge is 0.0651 e. The fourth-order valence-electron chi connectivity index (χ4n) is 2.32. The van der Waals surface area contributed by atoms with Gasteiger partial charge in [0.2, 0.25) is 0 Å². The van der Waals surface area contributed by atoms with Gasteiger partial charge in [-0.15, -0.1) is 0 Å². The highest BCUT2D eigenvalue weighted by atomic mass is 14.1. The molecule has 0 radical (unpaired) electrons. The van der Waals surface area contributed by atoms with Crippen LogP contribution in [0.4, 0.5) is 0 Å². The van der Waals surface area contributed by atoms with Crippen molar-refractivity contribution < 1.29 is 0 Å². The van der Waals surface area contributed by atoms with E-state index in [1.54, 1.807) is 0 Å². The first-order valence-electron chi connectivity index (χ1n) is 6.35. The minimum atomic E-state index is 1.19. The molecule has 2 aromatic rings. The average molecular weight is 212 g/mol. The Morgan fingerprint density at radius 2 is 1.69 bits per heavy atom. The Morgan fingerprint density at radius 3 is 2.44 bits per heavy atom. The third-order valence-electron chi connectivity index (χ3n) is 3.09. The molecule has 0 heteroatoms. The van der Waals surface area contributed by atoms with Crippen molar-refractivity contribution >= 4 is 10.8 Å². The molecule has 0 aliphatic heterocycles. The molecule has 0 N–H and O–H groups in total. The predicted molar refractivity (Wildman–Crippen MR) is 71.9 cm³/mol. The monoisotopic (exact) mass is 212 g/mol. The average Bonchev–Trinajstić information content (AvgIpc) is 2.31. The number of hydrogen-bond donors (Lipinski definition) is 0. The fraction of sp³-hybridized carbons (Fsp3) is 0.375. The Balaban J connectivity index is 2.50. The lowest BCUT2D eigenvalue weighted by atomic mass is 9.98. The van der Waals surface area contributed by atoms with Gasteiger partial charge in [0.15, 0.2) is 0 Å². The summed E-state index contributed by atoms with van der Waals surface area (Å²) < 4.78 is 0. The van der Waals surface area contributed by atoms with Crippen molar-refractivity contribution in [2.45, 2.75) is 39.5 Å². The summed E-state index contributed by atoms with van der Waals surface area (Å²) in [6.07, 6.45) is 4.82. The van der Waals surface area contributed by atoms with Crippen LogP contribution in [-0.4, -0.2) is 0 Å². The van der Waals surface area contributed by atoms with Gasteiger partial charge in [0.05, 0.1) is 0 Å². The summed E-state index contributed by atoms with van der Waals surface area (Å²) >= 11 is 0. The molecule has 0 saturated carbocycles. The molecule has 0 spiro atoms. The van der Waals surface area contributed by atoms with Gasteiger partial charge in [0.25, 0.3) is 0 Å². The van der Waals surface area contributed by atoms with E-state index in [4.69, 9.17) is 0 Å². The Bertz CT molecular complexity index is 468. The maximum Gasteiger partial charge on any atom is -0.0149 e. The van der Waals surface area contributed by atoms with Crippen LogP contribution in [0.1, 0.15) is 37.8 Å². The van der Waals surface area contributed by atoms with Crippen molar-refractivity contribution in [3.05, 3.63) is 47.5 Å².